The zero-order valence-electron chi connectivity index (χ0n) is 14.8. The molecule has 3 heterocycles. The van der Waals surface area contributed by atoms with Gasteiger partial charge in [-0.05, 0) is 55.6 Å². The Hall–Kier alpha value is -2.15. The summed E-state index contributed by atoms with van der Waals surface area (Å²) in [5, 5.41) is 9.22. The van der Waals surface area contributed by atoms with Gasteiger partial charge in [-0.2, -0.15) is 0 Å². The summed E-state index contributed by atoms with van der Waals surface area (Å²) in [5.41, 5.74) is 8.87. The molecule has 0 radical (unpaired) electrons. The molecule has 136 valence electrons. The molecule has 26 heavy (non-hydrogen) atoms. The van der Waals surface area contributed by atoms with E-state index in [4.69, 9.17) is 11.1 Å². The Bertz CT molecular complexity index is 837. The molecule has 1 aliphatic carbocycles. The predicted octanol–water partition coefficient (Wildman–Crippen LogP) is 4.08. The number of rotatable bonds is 3. The number of thioether (sulfide) groups is 1. The molecule has 3 N–H and O–H groups in total. The molecule has 0 amide bonds. The first-order valence-corrected chi connectivity index (χ1v) is 10.1. The Morgan fingerprint density at radius 3 is 2.69 bits per heavy atom. The number of hydrogen-bond donors (Lipinski definition) is 2. The van der Waals surface area contributed by atoms with Crippen LogP contribution in [0, 0.1) is 11.3 Å². The molecular weight excluding hydrogens is 344 g/mol. The average molecular weight is 369 g/mol. The number of fused-ring (bicyclic) bond motifs is 1. The second-order valence-electron chi connectivity index (χ2n) is 6.99. The average Bonchev–Trinajstić information content (AvgIpc) is 3.34. The Morgan fingerprint density at radius 2 is 1.92 bits per heavy atom. The quantitative estimate of drug-likeness (QED) is 0.629. The third-order valence-electron chi connectivity index (χ3n) is 5.14. The van der Waals surface area contributed by atoms with Crippen molar-refractivity contribution in [3.8, 4) is 0 Å². The summed E-state index contributed by atoms with van der Waals surface area (Å²) in [6.07, 6.45) is 9.00. The Balaban J connectivity index is 1.52. The van der Waals surface area contributed by atoms with Gasteiger partial charge in [0.2, 0.25) is 0 Å². The lowest BCUT2D eigenvalue weighted by Crippen LogP contribution is -2.17. The highest BCUT2D eigenvalue weighted by molar-refractivity contribution is 8.26. The van der Waals surface area contributed by atoms with E-state index < -0.39 is 0 Å². The van der Waals surface area contributed by atoms with E-state index in [1.807, 2.05) is 18.3 Å². The van der Waals surface area contributed by atoms with Crippen molar-refractivity contribution >= 4 is 44.5 Å². The summed E-state index contributed by atoms with van der Waals surface area (Å²) < 4.78 is 0. The minimum absolute atomic E-state index is 0.352. The summed E-state index contributed by atoms with van der Waals surface area (Å²) in [7, 11) is 0. The number of aliphatic imine (C=N–C) groups is 1. The summed E-state index contributed by atoms with van der Waals surface area (Å²) in [4.78, 5) is 15.9. The normalized spacial score (nSPS) is 18.8. The van der Waals surface area contributed by atoms with E-state index >= 15 is 0 Å². The van der Waals surface area contributed by atoms with Crippen LogP contribution < -0.4 is 10.6 Å². The lowest BCUT2D eigenvalue weighted by Gasteiger charge is -2.17. The number of pyridine rings is 2. The molecule has 6 nitrogen and oxygen atoms in total. The summed E-state index contributed by atoms with van der Waals surface area (Å²) in [5.74, 6) is 0.924. The Labute approximate surface area is 157 Å². The van der Waals surface area contributed by atoms with Gasteiger partial charge in [0.05, 0.1) is 28.0 Å². The molecule has 2 aliphatic rings. The number of amidine groups is 1. The van der Waals surface area contributed by atoms with Gasteiger partial charge in [-0.3, -0.25) is 10.4 Å². The van der Waals surface area contributed by atoms with Crippen molar-refractivity contribution in [1.29, 1.82) is 5.41 Å². The van der Waals surface area contributed by atoms with Gasteiger partial charge in [-0.1, -0.05) is 12.8 Å². The van der Waals surface area contributed by atoms with Crippen LogP contribution in [0.1, 0.15) is 38.5 Å². The van der Waals surface area contributed by atoms with Gasteiger partial charge in [0.15, 0.2) is 11.0 Å². The molecule has 7 heteroatoms. The molecule has 4 rings (SSSR count). The number of nitrogens with zero attached hydrogens (tertiary/aromatic N) is 4. The highest BCUT2D eigenvalue weighted by atomic mass is 32.2. The van der Waals surface area contributed by atoms with E-state index in [1.54, 1.807) is 0 Å². The van der Waals surface area contributed by atoms with Crippen LogP contribution >= 0.6 is 11.8 Å². The van der Waals surface area contributed by atoms with Crippen LogP contribution in [0.5, 0.6) is 0 Å². The van der Waals surface area contributed by atoms with Crippen LogP contribution in [0.4, 0.5) is 11.5 Å². The first-order chi connectivity index (χ1) is 12.7. The van der Waals surface area contributed by atoms with E-state index in [1.165, 1.54) is 37.4 Å². The van der Waals surface area contributed by atoms with Crippen molar-refractivity contribution in [2.24, 2.45) is 16.6 Å². The summed E-state index contributed by atoms with van der Waals surface area (Å²) in [6.45, 7) is 2.16. The van der Waals surface area contributed by atoms with Crippen molar-refractivity contribution < 1.29 is 0 Å². The van der Waals surface area contributed by atoms with Crippen molar-refractivity contribution in [3.63, 3.8) is 0 Å². The topological polar surface area (TPSA) is 91.2 Å². The van der Waals surface area contributed by atoms with Crippen LogP contribution in [0.3, 0.4) is 0 Å². The lowest BCUT2D eigenvalue weighted by molar-refractivity contribution is 0.736. The van der Waals surface area contributed by atoms with E-state index in [2.05, 4.69) is 25.9 Å². The van der Waals surface area contributed by atoms with Crippen molar-refractivity contribution in [2.45, 2.75) is 38.5 Å². The van der Waals surface area contributed by atoms with Gasteiger partial charge in [-0.15, -0.1) is 0 Å². The standard InChI is InChI=1S/C19H24N6S/c20-18(13-5-1-2-6-13)26-19(21)24-17-8-7-15-16(23-17)11-14(12-22-15)25-9-3-4-10-25/h7-8,11-13,20H,1-6,9-10H2,(H2,21,23,24). The minimum Gasteiger partial charge on any atom is -0.378 e. The SMILES string of the molecule is N=C(SC(N)=Nc1ccc2ncc(N3CCCC3)cc2n1)C1CCCC1. The van der Waals surface area contributed by atoms with Crippen LogP contribution in [0.25, 0.3) is 11.0 Å². The lowest BCUT2D eigenvalue weighted by atomic mass is 10.1. The van der Waals surface area contributed by atoms with Gasteiger partial charge >= 0.3 is 0 Å². The molecule has 1 saturated carbocycles. The van der Waals surface area contributed by atoms with Crippen molar-refractivity contribution in [1.82, 2.24) is 9.97 Å². The molecule has 2 aromatic rings. The molecule has 0 spiro atoms. The zero-order valence-corrected chi connectivity index (χ0v) is 15.6. The Kier molecular flexibility index (Phi) is 5.06. The maximum Gasteiger partial charge on any atom is 0.166 e. The van der Waals surface area contributed by atoms with Crippen LogP contribution in [-0.4, -0.2) is 33.3 Å². The molecule has 0 bridgehead atoms. The zero-order chi connectivity index (χ0) is 17.9. The fraction of sp³-hybridized carbons (Fsp3) is 0.474. The number of anilines is 1. The van der Waals surface area contributed by atoms with Gasteiger partial charge in [0.25, 0.3) is 0 Å². The Morgan fingerprint density at radius 1 is 1.15 bits per heavy atom. The van der Waals surface area contributed by atoms with Crippen LogP contribution in [0.15, 0.2) is 29.4 Å². The number of hydrogen-bond acceptors (Lipinski definition) is 6. The predicted molar refractivity (Wildman–Crippen MR) is 110 cm³/mol. The third-order valence-corrected chi connectivity index (χ3v) is 6.00. The largest absolute Gasteiger partial charge is 0.378 e. The second-order valence-corrected chi connectivity index (χ2v) is 8.06. The third kappa shape index (κ3) is 3.82. The van der Waals surface area contributed by atoms with Crippen molar-refractivity contribution in [3.05, 3.63) is 24.4 Å². The van der Waals surface area contributed by atoms with Gasteiger partial charge in [0.1, 0.15) is 0 Å². The van der Waals surface area contributed by atoms with E-state index in [-0.39, 0.29) is 0 Å². The minimum atomic E-state index is 0.352. The van der Waals surface area contributed by atoms with Crippen molar-refractivity contribution in [2.75, 3.05) is 18.0 Å². The molecule has 0 atom stereocenters. The molecule has 0 unspecified atom stereocenters. The van der Waals surface area contributed by atoms with E-state index in [0.717, 1.165) is 42.7 Å². The molecule has 0 aromatic carbocycles. The first kappa shape index (κ1) is 17.3. The molecule has 2 aromatic heterocycles. The number of aromatic nitrogens is 2. The molecular formula is C19H24N6S. The summed E-state index contributed by atoms with van der Waals surface area (Å²) in [6, 6.07) is 5.84. The fourth-order valence-electron chi connectivity index (χ4n) is 3.72. The van der Waals surface area contributed by atoms with Gasteiger partial charge in [-0.25, -0.2) is 9.98 Å². The van der Waals surface area contributed by atoms with Crippen LogP contribution in [-0.2, 0) is 0 Å². The highest BCUT2D eigenvalue weighted by Gasteiger charge is 2.21. The second kappa shape index (κ2) is 7.61. The maximum atomic E-state index is 8.20. The number of nitrogens with two attached hydrogens (primary N) is 1. The number of nitrogens with one attached hydrogen (secondary N) is 1. The van der Waals surface area contributed by atoms with Gasteiger partial charge < -0.3 is 10.6 Å². The summed E-state index contributed by atoms with van der Waals surface area (Å²) >= 11 is 1.27. The smallest absolute Gasteiger partial charge is 0.166 e. The van der Waals surface area contributed by atoms with Crippen LogP contribution in [0.2, 0.25) is 0 Å². The van der Waals surface area contributed by atoms with E-state index in [9.17, 15) is 0 Å². The maximum absolute atomic E-state index is 8.20. The van der Waals surface area contributed by atoms with E-state index in [0.29, 0.717) is 21.9 Å². The fourth-order valence-corrected chi connectivity index (χ4v) is 4.48. The van der Waals surface area contributed by atoms with Gasteiger partial charge in [0, 0.05) is 19.0 Å². The molecule has 1 saturated heterocycles. The molecule has 1 aliphatic heterocycles. The highest BCUT2D eigenvalue weighted by Crippen LogP contribution is 2.30. The molecule has 2 fully saturated rings. The first-order valence-electron chi connectivity index (χ1n) is 9.31. The monoisotopic (exact) mass is 368 g/mol.